The molecule has 130 valence electrons. The molecule has 0 bridgehead atoms. The van der Waals surface area contributed by atoms with Gasteiger partial charge in [-0.3, -0.25) is 4.79 Å². The molecule has 2 aromatic carbocycles. The monoisotopic (exact) mass is 377 g/mol. The zero-order valence-electron chi connectivity index (χ0n) is 13.5. The highest BCUT2D eigenvalue weighted by molar-refractivity contribution is 6.38. The van der Waals surface area contributed by atoms with E-state index in [0.717, 1.165) is 12.0 Å². The van der Waals surface area contributed by atoms with Gasteiger partial charge in [0.15, 0.2) is 0 Å². The molecule has 0 N–H and O–H groups in total. The average Bonchev–Trinajstić information content (AvgIpc) is 2.88. The van der Waals surface area contributed by atoms with Crippen LogP contribution in [0.4, 0.5) is 5.69 Å². The van der Waals surface area contributed by atoms with E-state index in [1.165, 1.54) is 0 Å². The third-order valence-corrected chi connectivity index (χ3v) is 5.19. The highest BCUT2D eigenvalue weighted by Gasteiger charge is 2.56. The molecule has 25 heavy (non-hydrogen) atoms. The maximum Gasteiger partial charge on any atom is 0.292 e. The van der Waals surface area contributed by atoms with Crippen molar-refractivity contribution < 1.29 is 14.3 Å². The largest absolute Gasteiger partial charge is 0.338 e. The van der Waals surface area contributed by atoms with Gasteiger partial charge in [-0.05, 0) is 30.5 Å². The molecule has 0 saturated carbocycles. The molecule has 0 aliphatic carbocycles. The molecule has 1 fully saturated rings. The van der Waals surface area contributed by atoms with Gasteiger partial charge in [0.1, 0.15) is 0 Å². The summed E-state index contributed by atoms with van der Waals surface area (Å²) in [5, 5.41) is 0.896. The van der Waals surface area contributed by atoms with Gasteiger partial charge in [0, 0.05) is 6.54 Å². The van der Waals surface area contributed by atoms with E-state index in [-0.39, 0.29) is 5.91 Å². The Hall–Kier alpha value is -1.59. The van der Waals surface area contributed by atoms with Gasteiger partial charge in [-0.25, -0.2) is 0 Å². The Bertz CT molecular complexity index is 804. The number of halogens is 2. The molecule has 2 heterocycles. The molecular weight excluding hydrogens is 361 g/mol. The summed E-state index contributed by atoms with van der Waals surface area (Å²) < 4.78 is 11.7. The zero-order chi connectivity index (χ0) is 17.4. The number of nitrogens with zero attached hydrogens (tertiary/aromatic N) is 1. The van der Waals surface area contributed by atoms with E-state index in [9.17, 15) is 4.79 Å². The summed E-state index contributed by atoms with van der Waals surface area (Å²) in [7, 11) is 0. The van der Waals surface area contributed by atoms with Crippen LogP contribution in [0.25, 0.3) is 0 Å². The molecule has 1 amide bonds. The summed E-state index contributed by atoms with van der Waals surface area (Å²) in [4.78, 5) is 14.9. The van der Waals surface area contributed by atoms with Crippen LogP contribution in [0, 0.1) is 0 Å². The van der Waals surface area contributed by atoms with Crippen molar-refractivity contribution in [2.75, 3.05) is 24.7 Å². The van der Waals surface area contributed by atoms with E-state index >= 15 is 0 Å². The van der Waals surface area contributed by atoms with Crippen LogP contribution in [0.3, 0.4) is 0 Å². The summed E-state index contributed by atoms with van der Waals surface area (Å²) in [6.07, 6.45) is 1.44. The van der Waals surface area contributed by atoms with Crippen molar-refractivity contribution in [3.05, 3.63) is 63.6 Å². The topological polar surface area (TPSA) is 38.8 Å². The molecule has 4 rings (SSSR count). The molecule has 0 radical (unpaired) electrons. The second-order valence-electron chi connectivity index (χ2n) is 6.11. The Morgan fingerprint density at radius 2 is 1.68 bits per heavy atom. The van der Waals surface area contributed by atoms with Gasteiger partial charge in [-0.15, -0.1) is 0 Å². The van der Waals surface area contributed by atoms with Gasteiger partial charge in [0.05, 0.1) is 34.5 Å². The number of fused-ring (bicyclic) bond motifs is 2. The van der Waals surface area contributed by atoms with Gasteiger partial charge >= 0.3 is 0 Å². The first-order valence-electron chi connectivity index (χ1n) is 8.26. The predicted octanol–water partition coefficient (Wildman–Crippen LogP) is 4.17. The number of anilines is 1. The Labute approximate surface area is 156 Å². The van der Waals surface area contributed by atoms with Crippen molar-refractivity contribution in [1.29, 1.82) is 0 Å². The van der Waals surface area contributed by atoms with Gasteiger partial charge < -0.3 is 14.4 Å². The van der Waals surface area contributed by atoms with Crippen LogP contribution >= 0.6 is 23.2 Å². The number of amides is 1. The number of ether oxygens (including phenoxy) is 2. The molecule has 2 aromatic rings. The minimum Gasteiger partial charge on any atom is -0.338 e. The van der Waals surface area contributed by atoms with Crippen molar-refractivity contribution in [3.8, 4) is 0 Å². The summed E-state index contributed by atoms with van der Waals surface area (Å²) in [5.74, 6) is -1.72. The van der Waals surface area contributed by atoms with Crippen molar-refractivity contribution in [2.24, 2.45) is 0 Å². The lowest BCUT2D eigenvalue weighted by Gasteiger charge is -2.32. The van der Waals surface area contributed by atoms with Crippen LogP contribution in [0.15, 0.2) is 42.5 Å². The SMILES string of the molecule is O=C1N(CCc2ccccc2)c2c(Cl)ccc(Cl)c2C12OCCCO2. The standard InChI is InChI=1S/C19H17Cl2NO3/c20-14-7-8-15(21)17-16(14)19(24-11-4-12-25-19)18(23)22(17)10-9-13-5-2-1-3-6-13/h1-3,5-8H,4,9-12H2. The van der Waals surface area contributed by atoms with Gasteiger partial charge in [0.25, 0.3) is 11.7 Å². The smallest absolute Gasteiger partial charge is 0.292 e. The van der Waals surface area contributed by atoms with Crippen molar-refractivity contribution in [1.82, 2.24) is 0 Å². The van der Waals surface area contributed by atoms with E-state index in [1.807, 2.05) is 30.3 Å². The molecule has 6 heteroatoms. The molecule has 2 aliphatic rings. The third kappa shape index (κ3) is 2.74. The number of carbonyl (C=O) groups excluding carboxylic acids is 1. The Kier molecular flexibility index (Phi) is 4.46. The molecule has 1 saturated heterocycles. The number of rotatable bonds is 3. The molecular formula is C19H17Cl2NO3. The summed E-state index contributed by atoms with van der Waals surface area (Å²) >= 11 is 12.8. The van der Waals surface area contributed by atoms with E-state index in [4.69, 9.17) is 32.7 Å². The number of carbonyl (C=O) groups is 1. The third-order valence-electron chi connectivity index (χ3n) is 4.57. The van der Waals surface area contributed by atoms with Crippen molar-refractivity contribution in [2.45, 2.75) is 18.6 Å². The molecule has 4 nitrogen and oxygen atoms in total. The fraction of sp³-hybridized carbons (Fsp3) is 0.316. The molecule has 0 atom stereocenters. The van der Waals surface area contributed by atoms with E-state index in [0.29, 0.717) is 47.5 Å². The first-order chi connectivity index (χ1) is 12.1. The highest BCUT2D eigenvalue weighted by atomic mass is 35.5. The lowest BCUT2D eigenvalue weighted by Crippen LogP contribution is -2.47. The van der Waals surface area contributed by atoms with Crippen LogP contribution in [0.5, 0.6) is 0 Å². The van der Waals surface area contributed by atoms with E-state index < -0.39 is 5.79 Å². The van der Waals surface area contributed by atoms with Gasteiger partial charge in [-0.2, -0.15) is 0 Å². The highest BCUT2D eigenvalue weighted by Crippen LogP contribution is 2.51. The van der Waals surface area contributed by atoms with Crippen molar-refractivity contribution in [3.63, 3.8) is 0 Å². The minimum absolute atomic E-state index is 0.256. The summed E-state index contributed by atoms with van der Waals surface area (Å²) in [5.41, 5.74) is 2.26. The number of benzene rings is 2. The first-order valence-corrected chi connectivity index (χ1v) is 9.01. The maximum atomic E-state index is 13.2. The van der Waals surface area contributed by atoms with Crippen LogP contribution in [-0.4, -0.2) is 25.7 Å². The zero-order valence-corrected chi connectivity index (χ0v) is 15.0. The average molecular weight is 378 g/mol. The van der Waals surface area contributed by atoms with Crippen LogP contribution in [0.2, 0.25) is 10.0 Å². The quantitative estimate of drug-likeness (QED) is 0.805. The van der Waals surface area contributed by atoms with Crippen LogP contribution < -0.4 is 4.90 Å². The predicted molar refractivity (Wildman–Crippen MR) is 97.2 cm³/mol. The molecule has 1 spiro atoms. The van der Waals surface area contributed by atoms with Gasteiger partial charge in [-0.1, -0.05) is 53.5 Å². The van der Waals surface area contributed by atoms with E-state index in [1.54, 1.807) is 17.0 Å². The number of hydrogen-bond acceptors (Lipinski definition) is 3. The van der Waals surface area contributed by atoms with Crippen molar-refractivity contribution >= 4 is 34.8 Å². The Morgan fingerprint density at radius 3 is 2.40 bits per heavy atom. The first kappa shape index (κ1) is 16.9. The normalized spacial score (nSPS) is 18.6. The van der Waals surface area contributed by atoms with Gasteiger partial charge in [0.2, 0.25) is 0 Å². The number of hydrogen-bond donors (Lipinski definition) is 0. The molecule has 0 unspecified atom stereocenters. The molecule has 2 aliphatic heterocycles. The second-order valence-corrected chi connectivity index (χ2v) is 6.93. The maximum absolute atomic E-state index is 13.2. The fourth-order valence-electron chi connectivity index (χ4n) is 3.40. The minimum atomic E-state index is -1.47. The molecule has 0 aromatic heterocycles. The lowest BCUT2D eigenvalue weighted by molar-refractivity contribution is -0.256. The Morgan fingerprint density at radius 1 is 1.00 bits per heavy atom. The summed E-state index contributed by atoms with van der Waals surface area (Å²) in [6.45, 7) is 1.37. The second kappa shape index (κ2) is 6.61. The van der Waals surface area contributed by atoms with Crippen LogP contribution in [-0.2, 0) is 26.5 Å². The van der Waals surface area contributed by atoms with Crippen LogP contribution in [0.1, 0.15) is 17.5 Å². The van der Waals surface area contributed by atoms with E-state index in [2.05, 4.69) is 0 Å². The Balaban J connectivity index is 1.74. The summed E-state index contributed by atoms with van der Waals surface area (Å²) in [6, 6.07) is 13.4. The lowest BCUT2D eigenvalue weighted by atomic mass is 10.1. The fourth-order valence-corrected chi connectivity index (χ4v) is 3.94.